The Morgan fingerprint density at radius 3 is 1.38 bits per heavy atom. The summed E-state index contributed by atoms with van der Waals surface area (Å²) in [5, 5.41) is 0. The molecule has 0 aromatic carbocycles. The maximum atomic E-state index is 13.6. The summed E-state index contributed by atoms with van der Waals surface area (Å²) in [5.41, 5.74) is 10.8. The van der Waals surface area contributed by atoms with Crippen molar-refractivity contribution in [2.75, 3.05) is 13.1 Å². The SMILES string of the molecule is NCC1CC2C(CN)CC1C(F)(F)C2(F)F. The normalized spacial score (nSPS) is 44.6. The average Bonchev–Trinajstić information content (AvgIpc) is 2.24. The van der Waals surface area contributed by atoms with Crippen LogP contribution >= 0.6 is 0 Å². The lowest BCUT2D eigenvalue weighted by atomic mass is 9.56. The number of alkyl halides is 4. The Balaban J connectivity index is 2.36. The number of halogens is 4. The highest BCUT2D eigenvalue weighted by Gasteiger charge is 2.73. The van der Waals surface area contributed by atoms with Crippen molar-refractivity contribution in [2.24, 2.45) is 35.1 Å². The van der Waals surface area contributed by atoms with E-state index in [0.29, 0.717) is 0 Å². The van der Waals surface area contributed by atoms with Crippen molar-refractivity contribution in [2.45, 2.75) is 24.7 Å². The highest BCUT2D eigenvalue weighted by atomic mass is 19.3. The molecule has 0 amide bonds. The summed E-state index contributed by atoms with van der Waals surface area (Å²) in [4.78, 5) is 0. The minimum atomic E-state index is -3.92. The number of rotatable bonds is 2. The minimum Gasteiger partial charge on any atom is -0.330 e. The van der Waals surface area contributed by atoms with Gasteiger partial charge in [-0.25, -0.2) is 0 Å². The van der Waals surface area contributed by atoms with Gasteiger partial charge >= 0.3 is 11.8 Å². The molecule has 94 valence electrons. The zero-order valence-corrected chi connectivity index (χ0v) is 8.80. The first-order chi connectivity index (χ1) is 7.36. The van der Waals surface area contributed by atoms with Gasteiger partial charge in [0.15, 0.2) is 0 Å². The maximum Gasteiger partial charge on any atom is 0.313 e. The second kappa shape index (κ2) is 3.57. The van der Waals surface area contributed by atoms with Crippen molar-refractivity contribution in [3.63, 3.8) is 0 Å². The summed E-state index contributed by atoms with van der Waals surface area (Å²) in [5.74, 6) is -11.5. The van der Waals surface area contributed by atoms with Gasteiger partial charge in [0, 0.05) is 11.8 Å². The zero-order chi connectivity index (χ0) is 12.1. The monoisotopic (exact) mass is 240 g/mol. The van der Waals surface area contributed by atoms with Gasteiger partial charge < -0.3 is 11.5 Å². The van der Waals surface area contributed by atoms with E-state index in [9.17, 15) is 17.6 Å². The third kappa shape index (κ3) is 1.32. The van der Waals surface area contributed by atoms with E-state index in [-0.39, 0.29) is 25.9 Å². The Morgan fingerprint density at radius 1 is 0.812 bits per heavy atom. The van der Waals surface area contributed by atoms with Gasteiger partial charge in [-0.15, -0.1) is 0 Å². The van der Waals surface area contributed by atoms with Crippen LogP contribution in [0.15, 0.2) is 0 Å². The molecule has 3 aliphatic carbocycles. The predicted octanol–water partition coefficient (Wildman–Crippen LogP) is 1.45. The molecule has 2 bridgehead atoms. The lowest BCUT2D eigenvalue weighted by Gasteiger charge is -2.54. The molecule has 3 aliphatic rings. The summed E-state index contributed by atoms with van der Waals surface area (Å²) < 4.78 is 54.3. The molecule has 3 fully saturated rings. The van der Waals surface area contributed by atoms with Crippen LogP contribution in [0.4, 0.5) is 17.6 Å². The molecule has 0 heterocycles. The first-order valence-electron chi connectivity index (χ1n) is 5.52. The van der Waals surface area contributed by atoms with E-state index in [1.165, 1.54) is 0 Å². The first kappa shape index (κ1) is 12.1. The Hall–Kier alpha value is -0.360. The van der Waals surface area contributed by atoms with E-state index in [2.05, 4.69) is 0 Å². The number of hydrogen-bond acceptors (Lipinski definition) is 2. The van der Waals surface area contributed by atoms with Crippen LogP contribution in [0.3, 0.4) is 0 Å². The second-order valence-electron chi connectivity index (χ2n) is 4.92. The number of hydrogen-bond donors (Lipinski definition) is 2. The minimum absolute atomic E-state index is 0.0458. The van der Waals surface area contributed by atoms with E-state index >= 15 is 0 Å². The molecule has 0 saturated heterocycles. The van der Waals surface area contributed by atoms with E-state index in [4.69, 9.17) is 11.5 Å². The van der Waals surface area contributed by atoms with Crippen LogP contribution in [0.2, 0.25) is 0 Å². The summed E-state index contributed by atoms with van der Waals surface area (Å²) >= 11 is 0. The highest BCUT2D eigenvalue weighted by Crippen LogP contribution is 2.62. The van der Waals surface area contributed by atoms with Crippen molar-refractivity contribution in [1.29, 1.82) is 0 Å². The van der Waals surface area contributed by atoms with E-state index < -0.39 is 35.5 Å². The van der Waals surface area contributed by atoms with Crippen molar-refractivity contribution >= 4 is 0 Å². The van der Waals surface area contributed by atoms with E-state index in [1.54, 1.807) is 0 Å². The Morgan fingerprint density at radius 2 is 1.12 bits per heavy atom. The molecule has 6 heteroatoms. The van der Waals surface area contributed by atoms with Crippen LogP contribution in [0.1, 0.15) is 12.8 Å². The molecular formula is C10H16F4N2. The fourth-order valence-electron chi connectivity index (χ4n) is 3.27. The molecular weight excluding hydrogens is 224 g/mol. The van der Waals surface area contributed by atoms with Crippen LogP contribution in [0, 0.1) is 23.7 Å². The highest BCUT2D eigenvalue weighted by molar-refractivity contribution is 5.09. The lowest BCUT2D eigenvalue weighted by Crippen LogP contribution is -2.65. The van der Waals surface area contributed by atoms with Gasteiger partial charge in [-0.2, -0.15) is 17.6 Å². The summed E-state index contributed by atoms with van der Waals surface area (Å²) in [6, 6.07) is 0. The van der Waals surface area contributed by atoms with Gasteiger partial charge in [0.2, 0.25) is 0 Å². The van der Waals surface area contributed by atoms with Gasteiger partial charge in [0.25, 0.3) is 0 Å². The molecule has 0 aliphatic heterocycles. The first-order valence-corrected chi connectivity index (χ1v) is 5.52. The Labute approximate surface area is 91.4 Å². The molecule has 4 unspecified atom stereocenters. The van der Waals surface area contributed by atoms with E-state index in [1.807, 2.05) is 0 Å². The topological polar surface area (TPSA) is 52.0 Å². The van der Waals surface area contributed by atoms with Crippen LogP contribution in [-0.4, -0.2) is 24.9 Å². The predicted molar refractivity (Wildman–Crippen MR) is 51.2 cm³/mol. The molecule has 0 aromatic rings. The maximum absolute atomic E-state index is 13.6. The van der Waals surface area contributed by atoms with Crippen LogP contribution < -0.4 is 11.5 Å². The van der Waals surface area contributed by atoms with Crippen LogP contribution in [0.25, 0.3) is 0 Å². The Kier molecular flexibility index (Phi) is 2.70. The standard InChI is InChI=1S/C10H16F4N2/c11-9(12)7-1-5(3-15)8(10(9,13)14)2-6(7)4-16/h5-8H,1-4,15-16H2. The molecule has 2 nitrogen and oxygen atoms in total. The van der Waals surface area contributed by atoms with Gasteiger partial charge in [0.1, 0.15) is 0 Å². The summed E-state index contributed by atoms with van der Waals surface area (Å²) in [6.45, 7) is 0.0915. The van der Waals surface area contributed by atoms with Crippen LogP contribution in [0.5, 0.6) is 0 Å². The molecule has 16 heavy (non-hydrogen) atoms. The third-order valence-corrected chi connectivity index (χ3v) is 4.23. The fourth-order valence-corrected chi connectivity index (χ4v) is 3.27. The Bertz CT molecular complexity index is 254. The van der Waals surface area contributed by atoms with Crippen molar-refractivity contribution in [3.8, 4) is 0 Å². The average molecular weight is 240 g/mol. The largest absolute Gasteiger partial charge is 0.330 e. The molecule has 0 radical (unpaired) electrons. The second-order valence-corrected chi connectivity index (χ2v) is 4.92. The molecule has 3 saturated carbocycles. The van der Waals surface area contributed by atoms with Gasteiger partial charge in [-0.3, -0.25) is 0 Å². The fraction of sp³-hybridized carbons (Fsp3) is 1.00. The molecule has 4 atom stereocenters. The van der Waals surface area contributed by atoms with Crippen molar-refractivity contribution in [1.82, 2.24) is 0 Å². The smallest absolute Gasteiger partial charge is 0.313 e. The lowest BCUT2D eigenvalue weighted by molar-refractivity contribution is -0.325. The molecule has 4 N–H and O–H groups in total. The quantitative estimate of drug-likeness (QED) is 0.718. The van der Waals surface area contributed by atoms with Gasteiger partial charge in [0.05, 0.1) is 0 Å². The van der Waals surface area contributed by atoms with Gasteiger partial charge in [-0.05, 0) is 37.8 Å². The van der Waals surface area contributed by atoms with Crippen molar-refractivity contribution in [3.05, 3.63) is 0 Å². The van der Waals surface area contributed by atoms with Gasteiger partial charge in [-0.1, -0.05) is 0 Å². The summed E-state index contributed by atoms with van der Waals surface area (Å²) in [7, 11) is 0. The number of fused-ring (bicyclic) bond motifs is 3. The molecule has 0 spiro atoms. The molecule has 3 rings (SSSR count). The summed E-state index contributed by atoms with van der Waals surface area (Å²) in [6.07, 6.45) is 0.150. The molecule has 0 aromatic heterocycles. The zero-order valence-electron chi connectivity index (χ0n) is 8.80. The third-order valence-electron chi connectivity index (χ3n) is 4.23. The van der Waals surface area contributed by atoms with Crippen molar-refractivity contribution < 1.29 is 17.6 Å². The number of nitrogens with two attached hydrogens (primary N) is 2. The van der Waals surface area contributed by atoms with E-state index in [0.717, 1.165) is 0 Å². The van der Waals surface area contributed by atoms with Crippen LogP contribution in [-0.2, 0) is 0 Å².